The number of aromatic carboxylic acids is 1. The minimum Gasteiger partial charge on any atom is -0.478 e. The highest BCUT2D eigenvalue weighted by Gasteiger charge is 2.11. The molecule has 0 aliphatic rings. The molecule has 0 radical (unpaired) electrons. The molecule has 0 fully saturated rings. The van der Waals surface area contributed by atoms with E-state index < -0.39 is 5.97 Å². The molecule has 1 heterocycles. The Labute approximate surface area is 144 Å². The molecular formula is C19H18N2O2S. The first kappa shape index (κ1) is 16.2. The fraction of sp³-hybridized carbons (Fsp3) is 0.158. The van der Waals surface area contributed by atoms with E-state index >= 15 is 0 Å². The summed E-state index contributed by atoms with van der Waals surface area (Å²) in [6, 6.07) is 13.0. The van der Waals surface area contributed by atoms with Gasteiger partial charge in [0.05, 0.1) is 11.3 Å². The number of carboxylic acids is 1. The summed E-state index contributed by atoms with van der Waals surface area (Å²) in [6.07, 6.45) is 0. The van der Waals surface area contributed by atoms with Gasteiger partial charge in [0.1, 0.15) is 0 Å². The normalized spacial score (nSPS) is 10.6. The number of hydrogen-bond donors (Lipinski definition) is 2. The first-order valence-corrected chi connectivity index (χ1v) is 8.41. The molecule has 3 aromatic rings. The Hall–Kier alpha value is -2.66. The summed E-state index contributed by atoms with van der Waals surface area (Å²) in [6.45, 7) is 6.26. The lowest BCUT2D eigenvalue weighted by Gasteiger charge is -2.04. The predicted octanol–water partition coefficient (Wildman–Crippen LogP) is 5.18. The van der Waals surface area contributed by atoms with Crippen LogP contribution in [0.15, 0.2) is 42.5 Å². The van der Waals surface area contributed by atoms with E-state index in [0.717, 1.165) is 27.0 Å². The van der Waals surface area contributed by atoms with Crippen LogP contribution in [0.4, 0.5) is 10.8 Å². The van der Waals surface area contributed by atoms with Gasteiger partial charge in [-0.05, 0) is 62.2 Å². The van der Waals surface area contributed by atoms with E-state index in [4.69, 9.17) is 10.1 Å². The quantitative estimate of drug-likeness (QED) is 0.688. The second kappa shape index (κ2) is 6.45. The zero-order chi connectivity index (χ0) is 17.3. The molecule has 0 bridgehead atoms. The summed E-state index contributed by atoms with van der Waals surface area (Å²) in [5.74, 6) is -0.927. The average Bonchev–Trinajstić information content (AvgIpc) is 2.91. The van der Waals surface area contributed by atoms with Crippen LogP contribution in [0.1, 0.15) is 26.4 Å². The molecule has 5 heteroatoms. The van der Waals surface area contributed by atoms with Gasteiger partial charge >= 0.3 is 5.97 Å². The number of carboxylic acid groups (broad SMARTS) is 1. The maximum atomic E-state index is 10.9. The highest BCUT2D eigenvalue weighted by Crippen LogP contribution is 2.32. The zero-order valence-electron chi connectivity index (χ0n) is 13.8. The summed E-state index contributed by atoms with van der Waals surface area (Å²) >= 11 is 1.59. The van der Waals surface area contributed by atoms with Gasteiger partial charge in [-0.15, -0.1) is 11.3 Å². The van der Waals surface area contributed by atoms with Crippen molar-refractivity contribution < 1.29 is 9.90 Å². The molecule has 0 aliphatic heterocycles. The smallest absolute Gasteiger partial charge is 0.335 e. The Kier molecular flexibility index (Phi) is 4.36. The van der Waals surface area contributed by atoms with E-state index in [1.165, 1.54) is 11.1 Å². The maximum absolute atomic E-state index is 10.9. The molecule has 2 N–H and O–H groups in total. The Morgan fingerprint density at radius 1 is 1.04 bits per heavy atom. The van der Waals surface area contributed by atoms with Gasteiger partial charge in [-0.1, -0.05) is 12.1 Å². The van der Waals surface area contributed by atoms with E-state index in [9.17, 15) is 4.79 Å². The first-order chi connectivity index (χ1) is 11.4. The van der Waals surface area contributed by atoms with Crippen LogP contribution in [0.5, 0.6) is 0 Å². The molecule has 24 heavy (non-hydrogen) atoms. The Balaban J connectivity index is 1.85. The van der Waals surface area contributed by atoms with Crippen molar-refractivity contribution in [2.45, 2.75) is 20.8 Å². The molecule has 0 atom stereocenters. The molecular weight excluding hydrogens is 320 g/mol. The Morgan fingerprint density at radius 2 is 1.75 bits per heavy atom. The third kappa shape index (κ3) is 3.31. The molecule has 0 saturated heterocycles. The van der Waals surface area contributed by atoms with Crippen LogP contribution in [-0.2, 0) is 0 Å². The van der Waals surface area contributed by atoms with Crippen molar-refractivity contribution in [3.63, 3.8) is 0 Å². The second-order valence-corrected chi connectivity index (χ2v) is 6.93. The largest absolute Gasteiger partial charge is 0.478 e. The van der Waals surface area contributed by atoms with Crippen LogP contribution in [0.2, 0.25) is 0 Å². The number of thiazole rings is 1. The van der Waals surface area contributed by atoms with Gasteiger partial charge in [-0.25, -0.2) is 9.78 Å². The Morgan fingerprint density at radius 3 is 2.38 bits per heavy atom. The molecule has 0 aliphatic carbocycles. The van der Waals surface area contributed by atoms with Gasteiger partial charge in [0, 0.05) is 16.1 Å². The number of hydrogen-bond acceptors (Lipinski definition) is 4. The van der Waals surface area contributed by atoms with Gasteiger partial charge in [0.25, 0.3) is 0 Å². The van der Waals surface area contributed by atoms with Crippen LogP contribution in [0.3, 0.4) is 0 Å². The average molecular weight is 338 g/mol. The number of benzene rings is 2. The van der Waals surface area contributed by atoms with Crippen LogP contribution in [0.25, 0.3) is 11.3 Å². The number of aromatic nitrogens is 1. The highest BCUT2D eigenvalue weighted by atomic mass is 32.1. The number of aryl methyl sites for hydroxylation is 3. The fourth-order valence-corrected chi connectivity index (χ4v) is 3.28. The molecule has 1 aromatic heterocycles. The van der Waals surface area contributed by atoms with Crippen molar-refractivity contribution in [2.24, 2.45) is 0 Å². The van der Waals surface area contributed by atoms with Crippen molar-refractivity contribution in [2.75, 3.05) is 5.32 Å². The summed E-state index contributed by atoms with van der Waals surface area (Å²) in [5.41, 5.74) is 5.70. The molecule has 0 spiro atoms. The maximum Gasteiger partial charge on any atom is 0.335 e. The predicted molar refractivity (Wildman–Crippen MR) is 98.4 cm³/mol. The van der Waals surface area contributed by atoms with E-state index in [-0.39, 0.29) is 5.56 Å². The van der Waals surface area contributed by atoms with Crippen molar-refractivity contribution in [3.8, 4) is 11.3 Å². The summed E-state index contributed by atoms with van der Waals surface area (Å²) in [5, 5.41) is 13.0. The van der Waals surface area contributed by atoms with Crippen LogP contribution in [-0.4, -0.2) is 16.1 Å². The first-order valence-electron chi connectivity index (χ1n) is 7.59. The molecule has 0 unspecified atom stereocenters. The van der Waals surface area contributed by atoms with Gasteiger partial charge in [-0.3, -0.25) is 0 Å². The van der Waals surface area contributed by atoms with E-state index in [1.54, 1.807) is 35.6 Å². The zero-order valence-corrected chi connectivity index (χ0v) is 14.6. The van der Waals surface area contributed by atoms with Crippen molar-refractivity contribution in [3.05, 3.63) is 64.0 Å². The SMILES string of the molecule is Cc1ccc(-c2nc(Nc3ccc(C(=O)O)cc3)sc2C)cc1C. The molecule has 0 amide bonds. The third-order valence-electron chi connectivity index (χ3n) is 3.96. The van der Waals surface area contributed by atoms with Gasteiger partial charge in [-0.2, -0.15) is 0 Å². The second-order valence-electron chi connectivity index (χ2n) is 5.73. The lowest BCUT2D eigenvalue weighted by atomic mass is 10.0. The van der Waals surface area contributed by atoms with E-state index in [1.807, 2.05) is 0 Å². The lowest BCUT2D eigenvalue weighted by Crippen LogP contribution is -1.96. The van der Waals surface area contributed by atoms with Gasteiger partial charge in [0.2, 0.25) is 0 Å². The lowest BCUT2D eigenvalue weighted by molar-refractivity contribution is 0.0697. The number of rotatable bonds is 4. The minimum absolute atomic E-state index is 0.270. The van der Waals surface area contributed by atoms with Gasteiger partial charge < -0.3 is 10.4 Å². The van der Waals surface area contributed by atoms with Gasteiger partial charge in [0.15, 0.2) is 5.13 Å². The summed E-state index contributed by atoms with van der Waals surface area (Å²) in [7, 11) is 0. The minimum atomic E-state index is -0.927. The number of nitrogens with zero attached hydrogens (tertiary/aromatic N) is 1. The molecule has 2 aromatic carbocycles. The summed E-state index contributed by atoms with van der Waals surface area (Å²) in [4.78, 5) is 16.7. The molecule has 4 nitrogen and oxygen atoms in total. The van der Waals surface area contributed by atoms with Crippen molar-refractivity contribution >= 4 is 28.1 Å². The summed E-state index contributed by atoms with van der Waals surface area (Å²) < 4.78 is 0. The third-order valence-corrected chi connectivity index (χ3v) is 4.85. The number of anilines is 2. The fourth-order valence-electron chi connectivity index (χ4n) is 2.43. The number of nitrogens with one attached hydrogen (secondary N) is 1. The van der Waals surface area contributed by atoms with Crippen LogP contribution in [0, 0.1) is 20.8 Å². The van der Waals surface area contributed by atoms with Crippen LogP contribution >= 0.6 is 11.3 Å². The molecule has 0 saturated carbocycles. The van der Waals surface area contributed by atoms with Crippen LogP contribution < -0.4 is 5.32 Å². The standard InChI is InChI=1S/C19H18N2O2S/c1-11-4-5-15(10-12(11)2)17-13(3)24-19(21-17)20-16-8-6-14(7-9-16)18(22)23/h4-10H,1-3H3,(H,20,21)(H,22,23). The van der Waals surface area contributed by atoms with Crippen molar-refractivity contribution in [1.29, 1.82) is 0 Å². The monoisotopic (exact) mass is 338 g/mol. The van der Waals surface area contributed by atoms with Crippen molar-refractivity contribution in [1.82, 2.24) is 4.98 Å². The Bertz CT molecular complexity index is 898. The van der Waals surface area contributed by atoms with E-state index in [2.05, 4.69) is 44.3 Å². The molecule has 3 rings (SSSR count). The highest BCUT2D eigenvalue weighted by molar-refractivity contribution is 7.16. The molecule has 122 valence electrons. The van der Waals surface area contributed by atoms with E-state index in [0.29, 0.717) is 0 Å². The number of carbonyl (C=O) groups is 1. The topological polar surface area (TPSA) is 62.2 Å².